The van der Waals surface area contributed by atoms with Gasteiger partial charge in [-0.05, 0) is 135 Å². The molecule has 0 aliphatic carbocycles. The third kappa shape index (κ3) is 77.6. The van der Waals surface area contributed by atoms with Crippen molar-refractivity contribution in [3.63, 3.8) is 0 Å². The summed E-state index contributed by atoms with van der Waals surface area (Å²) < 4.78 is 68.7. The molecule has 0 aromatic carbocycles. The summed E-state index contributed by atoms with van der Waals surface area (Å²) in [6.45, 7) is 4.61. The van der Waals surface area contributed by atoms with Gasteiger partial charge < -0.3 is 33.8 Å². The molecule has 17 nitrogen and oxygen atoms in total. The molecule has 0 aliphatic heterocycles. The molecule has 19 heteroatoms. The summed E-state index contributed by atoms with van der Waals surface area (Å²) in [6.07, 6.45) is 87.3. The molecule has 610 valence electrons. The Labute approximate surface area is 644 Å². The topological polar surface area (TPSA) is 237 Å². The van der Waals surface area contributed by atoms with Gasteiger partial charge in [-0.1, -0.05) is 310 Å². The molecule has 0 amide bonds. The molecule has 0 spiro atoms. The molecular weight excluding hydrogens is 1380 g/mol. The molecule has 5 unspecified atom stereocenters. The summed E-state index contributed by atoms with van der Waals surface area (Å²) in [7, 11) is -9.98. The first-order valence-electron chi connectivity index (χ1n) is 41.8. The number of unbranched alkanes of at least 4 members (excludes halogenated alkanes) is 32. The number of phosphoric ester groups is 2. The van der Waals surface area contributed by atoms with Crippen molar-refractivity contribution in [3.8, 4) is 0 Å². The summed E-state index contributed by atoms with van der Waals surface area (Å²) >= 11 is 0. The lowest BCUT2D eigenvalue weighted by molar-refractivity contribution is -0.161. The van der Waals surface area contributed by atoms with Crippen LogP contribution < -0.4 is 0 Å². The van der Waals surface area contributed by atoms with Crippen molar-refractivity contribution in [2.45, 2.75) is 367 Å². The number of ether oxygens (including phenoxy) is 4. The predicted molar refractivity (Wildman–Crippen MR) is 436 cm³/mol. The Morgan fingerprint density at radius 2 is 0.491 bits per heavy atom. The Hall–Kier alpha value is -4.54. The van der Waals surface area contributed by atoms with E-state index in [0.717, 1.165) is 186 Å². The highest BCUT2D eigenvalue weighted by atomic mass is 31.2. The van der Waals surface area contributed by atoms with Gasteiger partial charge in [0.1, 0.15) is 19.3 Å². The fourth-order valence-corrected chi connectivity index (χ4v) is 12.7. The molecule has 0 fully saturated rings. The molecule has 0 aliphatic rings. The summed E-state index contributed by atoms with van der Waals surface area (Å²) in [5.74, 6) is -2.22. The summed E-state index contributed by atoms with van der Waals surface area (Å²) in [5, 5.41) is 10.7. The van der Waals surface area contributed by atoms with E-state index in [1.807, 2.05) is 0 Å². The van der Waals surface area contributed by atoms with Gasteiger partial charge in [0.05, 0.1) is 26.4 Å². The van der Waals surface area contributed by atoms with Crippen LogP contribution >= 0.6 is 15.6 Å². The Balaban J connectivity index is 5.39. The molecule has 0 bridgehead atoms. The third-order valence-electron chi connectivity index (χ3n) is 17.4. The standard InChI is InChI=1S/C87H150O17P2/c1-5-9-13-17-21-25-29-33-37-39-40-42-46-48-52-56-60-64-68-72-85(90)98-78-83(104-87(92)74-70-66-62-58-54-50-44-36-32-28-24-20-16-12-8-4)80-102-106(95,96)100-76-81(88)75-99-105(93,94)101-79-82(103-86(91)73-69-65-61-57-53-49-43-35-31-27-23-19-15-11-7-3)77-97-84(89)71-67-63-59-55-51-47-45-41-38-34-30-26-22-18-14-10-6-2/h9-10,13-14,21-23,25-27,33-35,37-38,40,42-43,45,47,81-83,88H,5-8,11-12,15-20,24,28-32,36,39,41,44,46,48-80H2,1-4H3,(H,93,94)(H,95,96)/b13-9-,14-10-,25-21-,26-22-,27-23-,37-33-,38-34-,42-40-,43-35-,47-45-. The monoisotopic (exact) mass is 1530 g/mol. The molecule has 0 saturated carbocycles. The van der Waals surface area contributed by atoms with Gasteiger partial charge >= 0.3 is 39.5 Å². The highest BCUT2D eigenvalue weighted by molar-refractivity contribution is 7.47. The van der Waals surface area contributed by atoms with Gasteiger partial charge in [0.2, 0.25) is 0 Å². The molecule has 0 radical (unpaired) electrons. The van der Waals surface area contributed by atoms with Crippen molar-refractivity contribution in [2.24, 2.45) is 0 Å². The highest BCUT2D eigenvalue weighted by Gasteiger charge is 2.30. The lowest BCUT2D eigenvalue weighted by Gasteiger charge is -2.21. The van der Waals surface area contributed by atoms with E-state index in [4.69, 9.17) is 37.0 Å². The van der Waals surface area contributed by atoms with E-state index in [1.165, 1.54) is 83.5 Å². The lowest BCUT2D eigenvalue weighted by atomic mass is 10.0. The van der Waals surface area contributed by atoms with Gasteiger partial charge in [-0.15, -0.1) is 0 Å². The van der Waals surface area contributed by atoms with E-state index >= 15 is 0 Å². The largest absolute Gasteiger partial charge is 0.472 e. The summed E-state index contributed by atoms with van der Waals surface area (Å²) in [4.78, 5) is 73.2. The van der Waals surface area contributed by atoms with E-state index in [2.05, 4.69) is 149 Å². The maximum atomic E-state index is 13.1. The van der Waals surface area contributed by atoms with E-state index in [-0.39, 0.29) is 25.7 Å². The fourth-order valence-electron chi connectivity index (χ4n) is 11.1. The Bertz CT molecular complexity index is 2480. The maximum absolute atomic E-state index is 13.1. The van der Waals surface area contributed by atoms with Crippen LogP contribution in [0.1, 0.15) is 349 Å². The predicted octanol–water partition coefficient (Wildman–Crippen LogP) is 24.7. The SMILES string of the molecule is CC/C=C\C/C=C\C/C=C\C/C=C\CCCCCCCCC(=O)OCC(COP(=O)(O)OCC(O)COP(=O)(O)OCC(COC(=O)CCCCCC/C=C\C/C=C\C/C=C\C/C=C\CC)OC(=O)CCCCCCC/C=C\C/C=C\CCCCC)OC(=O)CCCCCCCCCCCCCCCCC. The molecular formula is C87H150O17P2. The van der Waals surface area contributed by atoms with Crippen molar-refractivity contribution in [2.75, 3.05) is 39.6 Å². The second kappa shape index (κ2) is 78.6. The molecule has 0 rings (SSSR count). The van der Waals surface area contributed by atoms with Crippen molar-refractivity contribution in [1.29, 1.82) is 0 Å². The zero-order valence-corrected chi connectivity index (χ0v) is 68.6. The number of aliphatic hydroxyl groups excluding tert-OH is 1. The second-order valence-corrected chi connectivity index (χ2v) is 30.6. The average Bonchev–Trinajstić information content (AvgIpc) is 0.909. The van der Waals surface area contributed by atoms with Crippen LogP contribution in [0, 0.1) is 0 Å². The number of hydrogen-bond acceptors (Lipinski definition) is 15. The van der Waals surface area contributed by atoms with Crippen molar-refractivity contribution in [3.05, 3.63) is 122 Å². The molecule has 0 heterocycles. The average molecular weight is 1530 g/mol. The van der Waals surface area contributed by atoms with Crippen LogP contribution in [-0.2, 0) is 65.4 Å². The normalized spacial score (nSPS) is 14.4. The maximum Gasteiger partial charge on any atom is 0.472 e. The van der Waals surface area contributed by atoms with Crippen LogP contribution in [0.2, 0.25) is 0 Å². The first kappa shape index (κ1) is 101. The van der Waals surface area contributed by atoms with Gasteiger partial charge in [0.25, 0.3) is 0 Å². The number of aliphatic hydroxyl groups is 1. The van der Waals surface area contributed by atoms with Crippen LogP contribution in [0.25, 0.3) is 0 Å². The quantitative estimate of drug-likeness (QED) is 0.0169. The minimum atomic E-state index is -4.99. The van der Waals surface area contributed by atoms with E-state index in [0.29, 0.717) is 25.7 Å². The van der Waals surface area contributed by atoms with Crippen LogP contribution in [0.5, 0.6) is 0 Å². The van der Waals surface area contributed by atoms with Crippen LogP contribution in [0.15, 0.2) is 122 Å². The third-order valence-corrected chi connectivity index (χ3v) is 19.3. The second-order valence-electron chi connectivity index (χ2n) is 27.7. The van der Waals surface area contributed by atoms with Crippen LogP contribution in [0.4, 0.5) is 0 Å². The highest BCUT2D eigenvalue weighted by Crippen LogP contribution is 2.45. The molecule has 0 aromatic heterocycles. The number of phosphoric acid groups is 2. The Morgan fingerprint density at radius 3 is 0.774 bits per heavy atom. The van der Waals surface area contributed by atoms with E-state index in [1.54, 1.807) is 0 Å². The first-order valence-corrected chi connectivity index (χ1v) is 44.8. The van der Waals surface area contributed by atoms with E-state index in [9.17, 15) is 43.2 Å². The Kier molecular flexibility index (Phi) is 75.2. The number of hydrogen-bond donors (Lipinski definition) is 3. The minimum absolute atomic E-state index is 0.0719. The number of allylic oxidation sites excluding steroid dienone is 20. The van der Waals surface area contributed by atoms with Crippen molar-refractivity contribution < 1.29 is 80.2 Å². The van der Waals surface area contributed by atoms with Gasteiger partial charge in [0, 0.05) is 25.7 Å². The smallest absolute Gasteiger partial charge is 0.462 e. The van der Waals surface area contributed by atoms with Crippen LogP contribution in [0.3, 0.4) is 0 Å². The molecule has 0 aromatic rings. The number of esters is 4. The fraction of sp³-hybridized carbons (Fsp3) is 0.724. The zero-order valence-electron chi connectivity index (χ0n) is 66.8. The summed E-state index contributed by atoms with van der Waals surface area (Å²) in [5.41, 5.74) is 0. The zero-order chi connectivity index (χ0) is 77.4. The molecule has 106 heavy (non-hydrogen) atoms. The minimum Gasteiger partial charge on any atom is -0.462 e. The number of carbonyl (C=O) groups excluding carboxylic acids is 4. The molecule has 0 saturated heterocycles. The Morgan fingerprint density at radius 1 is 0.274 bits per heavy atom. The number of carbonyl (C=O) groups is 4. The first-order chi connectivity index (χ1) is 51.7. The van der Waals surface area contributed by atoms with Gasteiger partial charge in [-0.3, -0.25) is 37.3 Å². The summed E-state index contributed by atoms with van der Waals surface area (Å²) in [6, 6.07) is 0. The lowest BCUT2D eigenvalue weighted by Crippen LogP contribution is -2.30. The molecule has 5 atom stereocenters. The molecule has 3 N–H and O–H groups in total. The van der Waals surface area contributed by atoms with Gasteiger partial charge in [-0.25, -0.2) is 9.13 Å². The van der Waals surface area contributed by atoms with Crippen molar-refractivity contribution in [1.82, 2.24) is 0 Å². The van der Waals surface area contributed by atoms with Gasteiger partial charge in [-0.2, -0.15) is 0 Å². The van der Waals surface area contributed by atoms with E-state index < -0.39 is 97.5 Å². The number of rotatable bonds is 78. The van der Waals surface area contributed by atoms with Crippen molar-refractivity contribution >= 4 is 39.5 Å². The van der Waals surface area contributed by atoms with Gasteiger partial charge in [0.15, 0.2) is 12.2 Å². The van der Waals surface area contributed by atoms with Crippen LogP contribution in [-0.4, -0.2) is 96.7 Å².